The second-order valence-corrected chi connectivity index (χ2v) is 7.32. The first-order chi connectivity index (χ1) is 8.29. The summed E-state index contributed by atoms with van der Waals surface area (Å²) in [7, 11) is -4.16. The van der Waals surface area contributed by atoms with Gasteiger partial charge in [-0.3, -0.25) is 4.55 Å². The van der Waals surface area contributed by atoms with Gasteiger partial charge in [0.25, 0.3) is 10.1 Å². The maximum Gasteiger partial charge on any atom is 0.341 e. The highest BCUT2D eigenvalue weighted by molar-refractivity contribution is 7.86. The number of halogens is 1. The van der Waals surface area contributed by atoms with Gasteiger partial charge in [0.1, 0.15) is 5.60 Å². The quantitative estimate of drug-likeness (QED) is 0.372. The molecule has 0 radical (unpaired) electrons. The summed E-state index contributed by atoms with van der Waals surface area (Å²) in [5.74, 6) is -0.801. The van der Waals surface area contributed by atoms with Crippen LogP contribution in [0.2, 0.25) is 0 Å². The van der Waals surface area contributed by atoms with Crippen molar-refractivity contribution >= 4 is 28.5 Å². The van der Waals surface area contributed by atoms with Crippen LogP contribution in [0.15, 0.2) is 0 Å². The Bertz CT molecular complexity index is 417. The summed E-state index contributed by atoms with van der Waals surface area (Å²) >= 11 is 0. The van der Waals surface area contributed by atoms with Crippen LogP contribution < -0.4 is 11.5 Å². The first-order valence-electron chi connectivity index (χ1n) is 6.07. The van der Waals surface area contributed by atoms with E-state index in [0.29, 0.717) is 0 Å². The van der Waals surface area contributed by atoms with Crippen LogP contribution in [0.1, 0.15) is 47.0 Å². The highest BCUT2D eigenvalue weighted by Gasteiger charge is 2.35. The van der Waals surface area contributed by atoms with Crippen molar-refractivity contribution in [2.75, 3.05) is 0 Å². The fourth-order valence-electron chi connectivity index (χ4n) is 1.44. The van der Waals surface area contributed by atoms with Gasteiger partial charge in [0.15, 0.2) is 5.66 Å². The number of hydrogen-bond donors (Lipinski definition) is 3. The predicted octanol–water partition coefficient (Wildman–Crippen LogP) is 0.810. The van der Waals surface area contributed by atoms with Crippen LogP contribution in [0.4, 0.5) is 0 Å². The molecule has 0 aliphatic heterocycles. The third-order valence-electron chi connectivity index (χ3n) is 2.54. The largest absolute Gasteiger partial charge is 0.458 e. The van der Waals surface area contributed by atoms with Gasteiger partial charge in [-0.1, -0.05) is 6.92 Å². The van der Waals surface area contributed by atoms with Crippen molar-refractivity contribution in [1.82, 2.24) is 0 Å². The fraction of sp³-hybridized carbons (Fsp3) is 0.909. The van der Waals surface area contributed by atoms with E-state index in [1.807, 2.05) is 0 Å². The number of ether oxygens (including phenoxy) is 1. The minimum atomic E-state index is -4.16. The van der Waals surface area contributed by atoms with E-state index in [9.17, 15) is 13.2 Å². The fourth-order valence-corrected chi connectivity index (χ4v) is 2.28. The Labute approximate surface area is 126 Å². The molecule has 0 saturated carbocycles. The van der Waals surface area contributed by atoms with E-state index in [2.05, 4.69) is 0 Å². The molecule has 0 fully saturated rings. The number of rotatable bonds is 6. The van der Waals surface area contributed by atoms with Gasteiger partial charge in [0, 0.05) is 0 Å². The molecule has 0 amide bonds. The molecule has 0 aliphatic carbocycles. The average molecular weight is 333 g/mol. The molecule has 0 heterocycles. The lowest BCUT2D eigenvalue weighted by atomic mass is 10.0. The third-order valence-corrected chi connectivity index (χ3v) is 3.95. The first kappa shape index (κ1) is 21.9. The third kappa shape index (κ3) is 8.01. The van der Waals surface area contributed by atoms with E-state index in [4.69, 9.17) is 20.8 Å². The minimum Gasteiger partial charge on any atom is -0.458 e. The van der Waals surface area contributed by atoms with Crippen molar-refractivity contribution in [3.8, 4) is 0 Å². The molecule has 1 unspecified atom stereocenters. The summed E-state index contributed by atoms with van der Waals surface area (Å²) in [5, 5.41) is -0.985. The molecule has 0 aromatic carbocycles. The maximum atomic E-state index is 11.7. The van der Waals surface area contributed by atoms with Crippen molar-refractivity contribution in [2.24, 2.45) is 11.5 Å². The topological polar surface area (TPSA) is 133 Å². The lowest BCUT2D eigenvalue weighted by Crippen LogP contribution is -2.58. The van der Waals surface area contributed by atoms with Crippen molar-refractivity contribution in [2.45, 2.75) is 63.5 Å². The lowest BCUT2D eigenvalue weighted by Gasteiger charge is -2.28. The van der Waals surface area contributed by atoms with E-state index in [1.165, 1.54) is 0 Å². The Kier molecular flexibility index (Phi) is 8.27. The molecule has 0 aromatic rings. The van der Waals surface area contributed by atoms with E-state index in [1.54, 1.807) is 27.7 Å². The smallest absolute Gasteiger partial charge is 0.341 e. The van der Waals surface area contributed by atoms with Gasteiger partial charge in [-0.2, -0.15) is 8.42 Å². The van der Waals surface area contributed by atoms with Gasteiger partial charge in [-0.15, -0.1) is 12.4 Å². The molecule has 7 nitrogen and oxygen atoms in total. The molecule has 0 aliphatic rings. The van der Waals surface area contributed by atoms with Crippen molar-refractivity contribution < 1.29 is 22.5 Å². The second-order valence-electron chi connectivity index (χ2n) is 5.63. The summed E-state index contributed by atoms with van der Waals surface area (Å²) in [6, 6.07) is 0. The second kappa shape index (κ2) is 7.56. The number of esters is 1. The first-order valence-corrected chi connectivity index (χ1v) is 7.57. The number of carbonyl (C=O) groups excluding carboxylic acids is 1. The van der Waals surface area contributed by atoms with Crippen LogP contribution in [-0.4, -0.2) is 35.5 Å². The molecule has 122 valence electrons. The SMILES string of the molecule is CCC(CCC(N)(N)C(=O)OC(C)(C)C)S(=O)(=O)O.Cl. The van der Waals surface area contributed by atoms with Crippen LogP contribution in [0.5, 0.6) is 0 Å². The van der Waals surface area contributed by atoms with Crippen LogP contribution in [0.25, 0.3) is 0 Å². The Balaban J connectivity index is 0. The van der Waals surface area contributed by atoms with Gasteiger partial charge in [-0.25, -0.2) is 4.79 Å². The Morgan fingerprint density at radius 3 is 2.05 bits per heavy atom. The Morgan fingerprint density at radius 2 is 1.75 bits per heavy atom. The minimum absolute atomic E-state index is 0. The van der Waals surface area contributed by atoms with E-state index in [-0.39, 0.29) is 31.7 Å². The maximum absolute atomic E-state index is 11.7. The Morgan fingerprint density at radius 1 is 1.30 bits per heavy atom. The van der Waals surface area contributed by atoms with Gasteiger partial charge >= 0.3 is 5.97 Å². The zero-order valence-electron chi connectivity index (χ0n) is 12.3. The molecule has 1 atom stereocenters. The molecule has 20 heavy (non-hydrogen) atoms. The molecule has 5 N–H and O–H groups in total. The van der Waals surface area contributed by atoms with Crippen molar-refractivity contribution in [1.29, 1.82) is 0 Å². The summed E-state index contributed by atoms with van der Waals surface area (Å²) in [4.78, 5) is 11.7. The molecular formula is C11H25ClN2O5S. The summed E-state index contributed by atoms with van der Waals surface area (Å²) < 4.78 is 36.1. The normalized spacial score (nSPS) is 14.3. The molecule has 0 rings (SSSR count). The van der Waals surface area contributed by atoms with Gasteiger partial charge in [0.05, 0.1) is 5.25 Å². The average Bonchev–Trinajstić information content (AvgIpc) is 2.13. The van der Waals surface area contributed by atoms with Crippen LogP contribution in [0.3, 0.4) is 0 Å². The summed E-state index contributed by atoms with van der Waals surface area (Å²) in [6.07, 6.45) is 0.102. The Hall–Kier alpha value is -0.410. The zero-order valence-corrected chi connectivity index (χ0v) is 13.9. The van der Waals surface area contributed by atoms with E-state index >= 15 is 0 Å². The van der Waals surface area contributed by atoms with Crippen LogP contribution >= 0.6 is 12.4 Å². The molecular weight excluding hydrogens is 308 g/mol. The molecule has 0 saturated heterocycles. The summed E-state index contributed by atoms with van der Waals surface area (Å²) in [5.41, 5.74) is 8.78. The predicted molar refractivity (Wildman–Crippen MR) is 79.1 cm³/mol. The lowest BCUT2D eigenvalue weighted by molar-refractivity contribution is -0.161. The number of carbonyl (C=O) groups is 1. The molecule has 0 aromatic heterocycles. The van der Waals surface area contributed by atoms with Gasteiger partial charge in [-0.05, 0) is 40.0 Å². The monoisotopic (exact) mass is 332 g/mol. The van der Waals surface area contributed by atoms with Crippen LogP contribution in [0, 0.1) is 0 Å². The zero-order chi connectivity index (χ0) is 15.5. The van der Waals surface area contributed by atoms with Crippen LogP contribution in [-0.2, 0) is 19.6 Å². The highest BCUT2D eigenvalue weighted by Crippen LogP contribution is 2.18. The standard InChI is InChI=1S/C11H24N2O5S.ClH/c1-5-8(19(15,16)17)6-7-11(12,13)9(14)18-10(2,3)4;/h8H,5-7,12-13H2,1-4H3,(H,15,16,17);1H. The van der Waals surface area contributed by atoms with Crippen molar-refractivity contribution in [3.63, 3.8) is 0 Å². The molecule has 0 spiro atoms. The summed E-state index contributed by atoms with van der Waals surface area (Å²) in [6.45, 7) is 6.64. The van der Waals surface area contributed by atoms with E-state index in [0.717, 1.165) is 0 Å². The van der Waals surface area contributed by atoms with Gasteiger partial charge < -0.3 is 16.2 Å². The molecule has 0 bridgehead atoms. The highest BCUT2D eigenvalue weighted by atomic mass is 35.5. The number of hydrogen-bond acceptors (Lipinski definition) is 6. The van der Waals surface area contributed by atoms with Gasteiger partial charge in [0.2, 0.25) is 0 Å². The van der Waals surface area contributed by atoms with Crippen molar-refractivity contribution in [3.05, 3.63) is 0 Å². The number of nitrogens with two attached hydrogens (primary N) is 2. The van der Waals surface area contributed by atoms with E-state index < -0.39 is 32.6 Å². The molecule has 9 heteroatoms.